The van der Waals surface area contributed by atoms with Crippen LogP contribution in [0.2, 0.25) is 0 Å². The number of carbonyl (C=O) groups is 2. The first-order chi connectivity index (χ1) is 11.5. The van der Waals surface area contributed by atoms with Crippen molar-refractivity contribution in [1.82, 2.24) is 0 Å². The highest BCUT2D eigenvalue weighted by molar-refractivity contribution is 8.00. The average molecular weight is 344 g/mol. The maximum atomic E-state index is 12.1. The first-order valence-electron chi connectivity index (χ1n) is 7.46. The molecule has 3 N–H and O–H groups in total. The molecule has 0 spiro atoms. The van der Waals surface area contributed by atoms with Gasteiger partial charge in [-0.15, -0.1) is 11.8 Å². The molecule has 0 atom stereocenters. The molecule has 24 heavy (non-hydrogen) atoms. The van der Waals surface area contributed by atoms with Crippen molar-refractivity contribution < 1.29 is 14.3 Å². The van der Waals surface area contributed by atoms with Crippen LogP contribution in [-0.4, -0.2) is 24.2 Å². The van der Waals surface area contributed by atoms with Gasteiger partial charge in [-0.3, -0.25) is 9.59 Å². The average Bonchev–Trinajstić information content (AvgIpc) is 2.55. The second-order valence-corrected chi connectivity index (χ2v) is 6.30. The van der Waals surface area contributed by atoms with Crippen LogP contribution < -0.4 is 15.8 Å². The summed E-state index contributed by atoms with van der Waals surface area (Å²) in [5, 5.41) is 2.80. The highest BCUT2D eigenvalue weighted by Gasteiger charge is 2.10. The molecule has 0 fully saturated rings. The predicted octanol–water partition coefficient (Wildman–Crippen LogP) is 2.90. The molecule has 0 saturated carbocycles. The minimum absolute atomic E-state index is 0.0842. The van der Waals surface area contributed by atoms with Crippen molar-refractivity contribution >= 4 is 29.3 Å². The van der Waals surface area contributed by atoms with Crippen LogP contribution in [0, 0.1) is 13.8 Å². The van der Waals surface area contributed by atoms with Crippen molar-refractivity contribution in [3.63, 3.8) is 0 Å². The molecule has 0 heterocycles. The molecule has 2 aromatic carbocycles. The number of nitrogens with one attached hydrogen (secondary N) is 1. The second-order valence-electron chi connectivity index (χ2n) is 5.29. The number of para-hydroxylation sites is 1. The van der Waals surface area contributed by atoms with Crippen molar-refractivity contribution in [3.8, 4) is 5.75 Å². The van der Waals surface area contributed by atoms with Crippen LogP contribution in [0.3, 0.4) is 0 Å². The van der Waals surface area contributed by atoms with E-state index in [-0.39, 0.29) is 18.3 Å². The van der Waals surface area contributed by atoms with Gasteiger partial charge >= 0.3 is 0 Å². The van der Waals surface area contributed by atoms with E-state index in [2.05, 4.69) is 5.32 Å². The number of nitrogens with two attached hydrogens (primary N) is 1. The lowest BCUT2D eigenvalue weighted by Gasteiger charge is -2.12. The first kappa shape index (κ1) is 17.9. The van der Waals surface area contributed by atoms with E-state index in [1.165, 1.54) is 11.8 Å². The Morgan fingerprint density at radius 1 is 1.12 bits per heavy atom. The van der Waals surface area contributed by atoms with Gasteiger partial charge in [-0.2, -0.15) is 0 Å². The third kappa shape index (κ3) is 5.03. The zero-order valence-corrected chi connectivity index (χ0v) is 14.5. The lowest BCUT2D eigenvalue weighted by Crippen LogP contribution is -2.21. The molecule has 0 radical (unpaired) electrons. The lowest BCUT2D eigenvalue weighted by molar-refractivity contribution is -0.118. The number of amides is 2. The Bertz CT molecular complexity index is 747. The maximum absolute atomic E-state index is 12.1. The SMILES string of the molecule is Cc1cccc(OCC(=O)Nc2ccccc2SCC(N)=O)c1C. The van der Waals surface area contributed by atoms with Gasteiger partial charge in [-0.1, -0.05) is 24.3 Å². The minimum Gasteiger partial charge on any atom is -0.483 e. The summed E-state index contributed by atoms with van der Waals surface area (Å²) in [6.45, 7) is 3.87. The molecule has 0 aliphatic heterocycles. The van der Waals surface area contributed by atoms with Crippen LogP contribution in [0.25, 0.3) is 0 Å². The number of primary amides is 1. The standard InChI is InChI=1S/C18H20N2O3S/c1-12-6-5-8-15(13(12)2)23-10-18(22)20-14-7-3-4-9-16(14)24-11-17(19)21/h3-9H,10-11H2,1-2H3,(H2,19,21)(H,20,22). The van der Waals surface area contributed by atoms with Gasteiger partial charge in [0.25, 0.3) is 5.91 Å². The monoisotopic (exact) mass is 344 g/mol. The Morgan fingerprint density at radius 3 is 2.62 bits per heavy atom. The fourth-order valence-electron chi connectivity index (χ4n) is 2.05. The minimum atomic E-state index is -0.403. The third-order valence-corrected chi connectivity index (χ3v) is 4.54. The number of anilines is 1. The fraction of sp³-hybridized carbons (Fsp3) is 0.222. The normalized spacial score (nSPS) is 10.2. The molecule has 0 unspecified atom stereocenters. The van der Waals surface area contributed by atoms with Crippen molar-refractivity contribution in [3.05, 3.63) is 53.6 Å². The first-order valence-corrected chi connectivity index (χ1v) is 8.45. The molecule has 0 saturated heterocycles. The summed E-state index contributed by atoms with van der Waals surface area (Å²) in [7, 11) is 0. The number of benzene rings is 2. The number of hydrogen-bond donors (Lipinski definition) is 2. The number of carbonyl (C=O) groups excluding carboxylic acids is 2. The fourth-order valence-corrected chi connectivity index (χ4v) is 2.80. The molecule has 2 aromatic rings. The van der Waals surface area contributed by atoms with Gasteiger partial charge in [0.2, 0.25) is 5.91 Å². The summed E-state index contributed by atoms with van der Waals surface area (Å²) in [4.78, 5) is 23.8. The Morgan fingerprint density at radius 2 is 1.88 bits per heavy atom. The van der Waals surface area contributed by atoms with E-state index >= 15 is 0 Å². The molecule has 2 amide bonds. The molecule has 2 rings (SSSR count). The van der Waals surface area contributed by atoms with Crippen LogP contribution in [0.15, 0.2) is 47.4 Å². The Hall–Kier alpha value is -2.47. The molecule has 126 valence electrons. The molecular formula is C18H20N2O3S. The zero-order valence-electron chi connectivity index (χ0n) is 13.7. The summed E-state index contributed by atoms with van der Waals surface area (Å²) in [6, 6.07) is 13.0. The van der Waals surface area contributed by atoms with E-state index in [4.69, 9.17) is 10.5 Å². The van der Waals surface area contributed by atoms with Gasteiger partial charge in [0.05, 0.1) is 11.4 Å². The smallest absolute Gasteiger partial charge is 0.262 e. The highest BCUT2D eigenvalue weighted by atomic mass is 32.2. The molecule has 0 aromatic heterocycles. The molecule has 5 nitrogen and oxygen atoms in total. The van der Waals surface area contributed by atoms with Crippen LogP contribution in [0.1, 0.15) is 11.1 Å². The van der Waals surface area contributed by atoms with Crippen molar-refractivity contribution in [1.29, 1.82) is 0 Å². The number of aryl methyl sites for hydroxylation is 1. The Balaban J connectivity index is 1.97. The Kier molecular flexibility index (Phi) is 6.26. The lowest BCUT2D eigenvalue weighted by atomic mass is 10.1. The quantitative estimate of drug-likeness (QED) is 0.757. The number of hydrogen-bond acceptors (Lipinski definition) is 4. The van der Waals surface area contributed by atoms with E-state index in [1.807, 2.05) is 50.2 Å². The van der Waals surface area contributed by atoms with Gasteiger partial charge in [0.15, 0.2) is 6.61 Å². The third-order valence-electron chi connectivity index (χ3n) is 3.44. The topological polar surface area (TPSA) is 81.4 Å². The molecule has 0 aliphatic rings. The van der Waals surface area contributed by atoms with Gasteiger partial charge in [-0.05, 0) is 43.2 Å². The van der Waals surface area contributed by atoms with Crippen LogP contribution in [0.5, 0.6) is 5.75 Å². The summed E-state index contributed by atoms with van der Waals surface area (Å²) in [5.41, 5.74) is 7.93. The van der Waals surface area contributed by atoms with Crippen LogP contribution >= 0.6 is 11.8 Å². The summed E-state index contributed by atoms with van der Waals surface area (Å²) in [6.07, 6.45) is 0. The van der Waals surface area contributed by atoms with Crippen molar-refractivity contribution in [2.24, 2.45) is 5.73 Å². The van der Waals surface area contributed by atoms with Crippen LogP contribution in [-0.2, 0) is 9.59 Å². The van der Waals surface area contributed by atoms with Crippen molar-refractivity contribution in [2.45, 2.75) is 18.7 Å². The van der Waals surface area contributed by atoms with E-state index < -0.39 is 5.91 Å². The van der Waals surface area contributed by atoms with Crippen molar-refractivity contribution in [2.75, 3.05) is 17.7 Å². The molecule has 0 aliphatic carbocycles. The number of rotatable bonds is 7. The van der Waals surface area contributed by atoms with Gasteiger partial charge in [-0.25, -0.2) is 0 Å². The zero-order chi connectivity index (χ0) is 17.5. The highest BCUT2D eigenvalue weighted by Crippen LogP contribution is 2.26. The predicted molar refractivity (Wildman–Crippen MR) is 96.4 cm³/mol. The second kappa shape index (κ2) is 8.40. The van der Waals surface area contributed by atoms with E-state index in [1.54, 1.807) is 6.07 Å². The largest absolute Gasteiger partial charge is 0.483 e. The summed E-state index contributed by atoms with van der Waals surface area (Å²) >= 11 is 1.29. The van der Waals surface area contributed by atoms with E-state index in [9.17, 15) is 9.59 Å². The van der Waals surface area contributed by atoms with Gasteiger partial charge < -0.3 is 15.8 Å². The summed E-state index contributed by atoms with van der Waals surface area (Å²) in [5.74, 6) is 0.190. The number of ether oxygens (including phenoxy) is 1. The molecule has 0 bridgehead atoms. The molecular weight excluding hydrogens is 324 g/mol. The van der Waals surface area contributed by atoms with Gasteiger partial charge in [0, 0.05) is 4.90 Å². The summed E-state index contributed by atoms with van der Waals surface area (Å²) < 4.78 is 5.60. The maximum Gasteiger partial charge on any atom is 0.262 e. The molecule has 6 heteroatoms. The van der Waals surface area contributed by atoms with Gasteiger partial charge in [0.1, 0.15) is 5.75 Å². The van der Waals surface area contributed by atoms with Crippen LogP contribution in [0.4, 0.5) is 5.69 Å². The Labute approximate surface area is 145 Å². The van der Waals surface area contributed by atoms with E-state index in [0.29, 0.717) is 11.4 Å². The van der Waals surface area contributed by atoms with E-state index in [0.717, 1.165) is 16.0 Å². The number of thioether (sulfide) groups is 1.